The molecule has 0 radical (unpaired) electrons. The number of hydrogen-bond acceptors (Lipinski definition) is 4. The molecule has 9 heteroatoms. The monoisotopic (exact) mass is 527 g/mol. The average molecular weight is 528 g/mol. The highest BCUT2D eigenvalue weighted by atomic mass is 19.2. The number of nitrogens with zero attached hydrogens (tertiary/aromatic N) is 1. The zero-order valence-electron chi connectivity index (χ0n) is 22.3. The lowest BCUT2D eigenvalue weighted by molar-refractivity contribution is -0.0594. The summed E-state index contributed by atoms with van der Waals surface area (Å²) in [6.45, 7) is 1.82. The number of aliphatic hydroxyl groups is 1. The van der Waals surface area contributed by atoms with Gasteiger partial charge in [-0.25, -0.2) is 18.0 Å². The summed E-state index contributed by atoms with van der Waals surface area (Å²) in [4.78, 5) is 15.0. The average Bonchev–Trinajstić information content (AvgIpc) is 2.89. The summed E-state index contributed by atoms with van der Waals surface area (Å²) in [6, 6.07) is 1.15. The number of piperidine rings is 1. The van der Waals surface area contributed by atoms with Gasteiger partial charge in [-0.3, -0.25) is 0 Å². The van der Waals surface area contributed by atoms with E-state index in [1.54, 1.807) is 12.0 Å². The maximum Gasteiger partial charge on any atom is 0.317 e. The molecule has 1 saturated heterocycles. The molecule has 1 heterocycles. The minimum atomic E-state index is -1.81. The second-order valence-electron chi connectivity index (χ2n) is 10.9. The van der Waals surface area contributed by atoms with Crippen LogP contribution in [0.5, 0.6) is 0 Å². The molecular formula is C28H44F3N3O3. The van der Waals surface area contributed by atoms with Crippen LogP contribution in [-0.4, -0.2) is 62.5 Å². The predicted octanol–water partition coefficient (Wildman–Crippen LogP) is 5.09. The van der Waals surface area contributed by atoms with E-state index in [-0.39, 0.29) is 30.6 Å². The molecule has 0 aromatic heterocycles. The van der Waals surface area contributed by atoms with Crippen LogP contribution in [0.25, 0.3) is 0 Å². The van der Waals surface area contributed by atoms with Crippen molar-refractivity contribution in [2.45, 2.75) is 82.3 Å². The Hall–Kier alpha value is -1.84. The van der Waals surface area contributed by atoms with Crippen molar-refractivity contribution in [3.8, 4) is 0 Å². The molecule has 210 valence electrons. The van der Waals surface area contributed by atoms with Crippen molar-refractivity contribution in [3.63, 3.8) is 0 Å². The lowest BCUT2D eigenvalue weighted by atomic mass is 9.74. The van der Waals surface area contributed by atoms with Crippen LogP contribution in [0.3, 0.4) is 0 Å². The number of methoxy groups -OCH3 is 1. The Kier molecular flexibility index (Phi) is 11.5. The van der Waals surface area contributed by atoms with E-state index >= 15 is 0 Å². The van der Waals surface area contributed by atoms with Crippen LogP contribution in [0.4, 0.5) is 18.0 Å². The SMILES string of the molecule is CNC[C@H](CC1CCCCC1)NC(=O)N1CCC[C@@H](C(O)(CCCCOC)c2cc(F)cc(F)c2F)C1. The lowest BCUT2D eigenvalue weighted by Gasteiger charge is -2.43. The molecule has 1 aliphatic heterocycles. The van der Waals surface area contributed by atoms with Crippen molar-refractivity contribution in [2.75, 3.05) is 40.4 Å². The van der Waals surface area contributed by atoms with E-state index < -0.39 is 29.0 Å². The first kappa shape index (κ1) is 29.7. The van der Waals surface area contributed by atoms with Gasteiger partial charge in [-0.05, 0) is 57.6 Å². The summed E-state index contributed by atoms with van der Waals surface area (Å²) >= 11 is 0. The Balaban J connectivity index is 1.75. The summed E-state index contributed by atoms with van der Waals surface area (Å²) in [7, 11) is 3.44. The van der Waals surface area contributed by atoms with Gasteiger partial charge in [-0.1, -0.05) is 32.1 Å². The van der Waals surface area contributed by atoms with Gasteiger partial charge >= 0.3 is 6.03 Å². The fourth-order valence-electron chi connectivity index (χ4n) is 6.15. The summed E-state index contributed by atoms with van der Waals surface area (Å²) in [5, 5.41) is 18.2. The minimum absolute atomic E-state index is 0.0105. The molecule has 1 unspecified atom stereocenters. The van der Waals surface area contributed by atoms with Gasteiger partial charge < -0.3 is 25.4 Å². The van der Waals surface area contributed by atoms with Gasteiger partial charge in [0.15, 0.2) is 11.6 Å². The van der Waals surface area contributed by atoms with E-state index in [0.29, 0.717) is 57.4 Å². The van der Waals surface area contributed by atoms with Gasteiger partial charge in [-0.2, -0.15) is 0 Å². The van der Waals surface area contributed by atoms with Crippen molar-refractivity contribution in [1.29, 1.82) is 0 Å². The summed E-state index contributed by atoms with van der Waals surface area (Å²) in [5.41, 5.74) is -2.19. The lowest BCUT2D eigenvalue weighted by Crippen LogP contribution is -2.54. The van der Waals surface area contributed by atoms with Crippen molar-refractivity contribution in [1.82, 2.24) is 15.5 Å². The standard InChI is InChI=1S/C28H44F3N3O3/c1-32-18-23(15-20-9-4-3-5-10-20)33-27(35)34-13-8-11-21(19-34)28(36,12-6-7-14-37-2)24-16-22(29)17-25(30)26(24)31/h16-17,20-21,23,32,36H,3-15,18-19H2,1-2H3,(H,33,35)/t21-,23+,28?/m1/s1. The molecule has 1 aliphatic carbocycles. The number of likely N-dealkylation sites (tertiary alicyclic amines) is 1. The zero-order valence-corrected chi connectivity index (χ0v) is 22.3. The van der Waals surface area contributed by atoms with E-state index in [0.717, 1.165) is 12.5 Å². The number of carbonyl (C=O) groups is 1. The van der Waals surface area contributed by atoms with Gasteiger partial charge in [0.1, 0.15) is 5.82 Å². The number of benzene rings is 1. The van der Waals surface area contributed by atoms with Gasteiger partial charge in [0, 0.05) is 56.9 Å². The van der Waals surface area contributed by atoms with E-state index in [2.05, 4.69) is 10.6 Å². The normalized spacial score (nSPS) is 21.5. The quantitative estimate of drug-likeness (QED) is 0.262. The van der Waals surface area contributed by atoms with Crippen molar-refractivity contribution in [3.05, 3.63) is 35.1 Å². The van der Waals surface area contributed by atoms with Gasteiger partial charge in [0.05, 0.1) is 5.60 Å². The Labute approximate surface area is 219 Å². The molecule has 2 fully saturated rings. The Morgan fingerprint density at radius 2 is 1.92 bits per heavy atom. The molecule has 1 saturated carbocycles. The van der Waals surface area contributed by atoms with Crippen molar-refractivity contribution in [2.24, 2.45) is 11.8 Å². The van der Waals surface area contributed by atoms with E-state index in [1.807, 2.05) is 7.05 Å². The largest absolute Gasteiger partial charge is 0.385 e. The van der Waals surface area contributed by atoms with Crippen molar-refractivity contribution < 1.29 is 27.8 Å². The number of rotatable bonds is 12. The molecule has 1 aromatic carbocycles. The zero-order chi connectivity index (χ0) is 26.8. The van der Waals surface area contributed by atoms with Gasteiger partial charge in [0.2, 0.25) is 0 Å². The molecule has 0 spiro atoms. The highest BCUT2D eigenvalue weighted by Gasteiger charge is 2.43. The van der Waals surface area contributed by atoms with Crippen LogP contribution in [0.15, 0.2) is 12.1 Å². The fourth-order valence-corrected chi connectivity index (χ4v) is 6.15. The first-order valence-corrected chi connectivity index (χ1v) is 13.8. The number of nitrogens with one attached hydrogen (secondary N) is 2. The summed E-state index contributed by atoms with van der Waals surface area (Å²) in [6.07, 6.45) is 9.37. The molecule has 6 nitrogen and oxygen atoms in total. The Morgan fingerprint density at radius 1 is 1.16 bits per heavy atom. The number of carbonyl (C=O) groups excluding carboxylic acids is 1. The second-order valence-corrected chi connectivity index (χ2v) is 10.9. The number of halogens is 3. The highest BCUT2D eigenvalue weighted by molar-refractivity contribution is 5.74. The predicted molar refractivity (Wildman–Crippen MR) is 138 cm³/mol. The third-order valence-electron chi connectivity index (χ3n) is 8.12. The fraction of sp³-hybridized carbons (Fsp3) is 0.750. The van der Waals surface area contributed by atoms with Crippen LogP contribution in [0.2, 0.25) is 0 Å². The summed E-state index contributed by atoms with van der Waals surface area (Å²) in [5.74, 6) is -3.46. The molecule has 3 N–H and O–H groups in total. The molecule has 3 atom stereocenters. The first-order chi connectivity index (χ1) is 17.8. The molecule has 3 rings (SSSR count). The molecule has 0 bridgehead atoms. The van der Waals surface area contributed by atoms with Crippen LogP contribution in [0.1, 0.15) is 76.2 Å². The number of likely N-dealkylation sites (N-methyl/N-ethyl adjacent to an activating group) is 1. The number of hydrogen-bond donors (Lipinski definition) is 3. The van der Waals surface area contributed by atoms with Crippen LogP contribution in [-0.2, 0) is 10.3 Å². The van der Waals surface area contributed by atoms with Crippen LogP contribution >= 0.6 is 0 Å². The van der Waals surface area contributed by atoms with Crippen LogP contribution < -0.4 is 10.6 Å². The summed E-state index contributed by atoms with van der Waals surface area (Å²) < 4.78 is 48.3. The van der Waals surface area contributed by atoms with E-state index in [1.165, 1.54) is 32.1 Å². The Morgan fingerprint density at radius 3 is 2.62 bits per heavy atom. The molecule has 2 aliphatic rings. The number of urea groups is 1. The molecule has 37 heavy (non-hydrogen) atoms. The van der Waals surface area contributed by atoms with Gasteiger partial charge in [0.25, 0.3) is 0 Å². The second kappa shape index (κ2) is 14.4. The molecule has 2 amide bonds. The first-order valence-electron chi connectivity index (χ1n) is 13.8. The van der Waals surface area contributed by atoms with Crippen molar-refractivity contribution >= 4 is 6.03 Å². The maximum absolute atomic E-state index is 14.9. The topological polar surface area (TPSA) is 73.8 Å². The minimum Gasteiger partial charge on any atom is -0.385 e. The number of unbranched alkanes of at least 4 members (excludes halogenated alkanes) is 1. The third-order valence-corrected chi connectivity index (χ3v) is 8.12. The van der Waals surface area contributed by atoms with Crippen LogP contribution in [0, 0.1) is 29.3 Å². The smallest absolute Gasteiger partial charge is 0.317 e. The van der Waals surface area contributed by atoms with E-state index in [9.17, 15) is 23.1 Å². The molecule has 1 aromatic rings. The molecular weight excluding hydrogens is 483 g/mol. The van der Waals surface area contributed by atoms with E-state index in [4.69, 9.17) is 4.74 Å². The third kappa shape index (κ3) is 8.07. The number of ether oxygens (including phenoxy) is 1. The number of amides is 2. The highest BCUT2D eigenvalue weighted by Crippen LogP contribution is 2.41. The maximum atomic E-state index is 14.9. The van der Waals surface area contributed by atoms with Gasteiger partial charge in [-0.15, -0.1) is 0 Å². The Bertz CT molecular complexity index is 869.